The van der Waals surface area contributed by atoms with Gasteiger partial charge in [-0.05, 0) is 228 Å². The van der Waals surface area contributed by atoms with Crippen LogP contribution < -0.4 is 9.80 Å². The Balaban J connectivity index is 0.664. The van der Waals surface area contributed by atoms with Crippen LogP contribution in [0.5, 0.6) is 0 Å². The molecule has 0 radical (unpaired) electrons. The van der Waals surface area contributed by atoms with Gasteiger partial charge in [0.05, 0.1) is 16.8 Å². The van der Waals surface area contributed by atoms with Crippen LogP contribution in [0.3, 0.4) is 0 Å². The lowest BCUT2D eigenvalue weighted by atomic mass is 9.67. The number of hydrogen-bond donors (Lipinski definition) is 0. The smallest absolute Gasteiger partial charge is 0.0713 e. The minimum absolute atomic E-state index is 0.691. The van der Waals surface area contributed by atoms with Crippen molar-refractivity contribution >= 4 is 55.7 Å². The van der Waals surface area contributed by atoms with Gasteiger partial charge in [0.1, 0.15) is 0 Å². The summed E-state index contributed by atoms with van der Waals surface area (Å²) in [6.07, 6.45) is 0. The zero-order valence-electron chi connectivity index (χ0n) is 65.6. The highest BCUT2D eigenvalue weighted by Gasteiger charge is 2.46. The van der Waals surface area contributed by atoms with Crippen LogP contribution in [0.15, 0.2) is 485 Å². The Morgan fingerprint density at radius 2 is 0.429 bits per heavy atom. The van der Waals surface area contributed by atoms with E-state index in [1.165, 1.54) is 116 Å². The van der Waals surface area contributed by atoms with E-state index in [4.69, 9.17) is 0 Å². The standard InChI is InChI=1S/C117H80N2/c1-6-31-81(32-7-1)82-59-61-83(62-60-82)84-63-69-95(70-64-84)118(115-57-26-24-54-111(115)107-52-20-18-48-100(107)86-33-8-2-9-34-86)98-46-29-40-91(78-98)103-75-76-104(106-51-23-22-50-105(103)106)92-68-74-110-109-73-67-89(79-113(109)117(114(110)80-92,93-41-12-4-13-42-93)94-43-14-5-15-44-94)85-65-71-96(72-66-85)119(97-45-28-39-90(77-97)102-56-30-38-88-37-16-17-47-99(88)102)116-58-27-25-55-112(116)108-53-21-19-49-101(108)87-35-10-3-11-36-87/h1-80H. The monoisotopic (exact) mass is 1510 g/mol. The van der Waals surface area contributed by atoms with Crippen molar-refractivity contribution in [1.29, 1.82) is 0 Å². The van der Waals surface area contributed by atoms with Crippen LogP contribution >= 0.6 is 0 Å². The predicted octanol–water partition coefficient (Wildman–Crippen LogP) is 32.0. The zero-order chi connectivity index (χ0) is 79.0. The average molecular weight is 1510 g/mol. The summed E-state index contributed by atoms with van der Waals surface area (Å²) in [4.78, 5) is 4.90. The fourth-order valence-electron chi connectivity index (χ4n) is 18.7. The van der Waals surface area contributed by atoms with Gasteiger partial charge >= 0.3 is 0 Å². The summed E-state index contributed by atoms with van der Waals surface area (Å²) in [6.45, 7) is 0. The maximum Gasteiger partial charge on any atom is 0.0713 e. The number of anilines is 6. The second-order valence-corrected chi connectivity index (χ2v) is 30.9. The lowest BCUT2D eigenvalue weighted by Gasteiger charge is -2.34. The van der Waals surface area contributed by atoms with Crippen LogP contribution in [0.2, 0.25) is 0 Å². The molecule has 0 N–H and O–H groups in total. The second kappa shape index (κ2) is 31.0. The molecule has 558 valence electrons. The molecule has 2 heteroatoms. The van der Waals surface area contributed by atoms with Crippen molar-refractivity contribution in [2.24, 2.45) is 0 Å². The van der Waals surface area contributed by atoms with Gasteiger partial charge in [0.15, 0.2) is 0 Å². The average Bonchev–Trinajstić information content (AvgIpc) is 1.54. The predicted molar refractivity (Wildman–Crippen MR) is 502 cm³/mol. The van der Waals surface area contributed by atoms with Crippen LogP contribution in [0.1, 0.15) is 22.3 Å². The van der Waals surface area contributed by atoms with Crippen molar-refractivity contribution < 1.29 is 0 Å². The molecule has 20 aromatic carbocycles. The molecular formula is C117H80N2. The summed E-state index contributed by atoms with van der Waals surface area (Å²) in [5.41, 5.74) is 36.4. The number of nitrogens with zero attached hydrogens (tertiary/aromatic N) is 2. The van der Waals surface area contributed by atoms with E-state index in [9.17, 15) is 0 Å². The summed E-state index contributed by atoms with van der Waals surface area (Å²) < 4.78 is 0. The molecule has 0 bridgehead atoms. The van der Waals surface area contributed by atoms with E-state index in [1.807, 2.05) is 0 Å². The lowest BCUT2D eigenvalue weighted by molar-refractivity contribution is 0.769. The minimum Gasteiger partial charge on any atom is -0.310 e. The SMILES string of the molecule is c1ccc(-c2ccc(-c3ccc(N(c4cccc(-c5ccc(-c6ccc7c(c6)C(c6ccccc6)(c6ccccc6)c6cc(-c8ccc(N(c9cccc(-c%10cccc%11ccccc%10%11)c9)c9ccccc9-c9ccccc9-c9ccccc9)cc8)ccc6-7)c6ccccc56)c4)c4ccccc4-c4ccccc4-c4ccccc4)cc3)cc2)cc1. The molecule has 0 unspecified atom stereocenters. The Hall–Kier alpha value is -15.5. The molecule has 0 saturated heterocycles. The fourth-order valence-corrected chi connectivity index (χ4v) is 18.7. The minimum atomic E-state index is -0.691. The van der Waals surface area contributed by atoms with Crippen LogP contribution in [0.4, 0.5) is 34.1 Å². The molecule has 20 aromatic rings. The van der Waals surface area contributed by atoms with E-state index in [-0.39, 0.29) is 0 Å². The van der Waals surface area contributed by atoms with Gasteiger partial charge in [-0.3, -0.25) is 0 Å². The van der Waals surface area contributed by atoms with E-state index in [2.05, 4.69) is 495 Å². The normalized spacial score (nSPS) is 11.9. The molecule has 0 amide bonds. The van der Waals surface area contributed by atoms with Gasteiger partial charge < -0.3 is 9.80 Å². The molecule has 0 fully saturated rings. The van der Waals surface area contributed by atoms with Crippen LogP contribution in [0, 0.1) is 0 Å². The third-order valence-electron chi connectivity index (χ3n) is 24.2. The summed E-state index contributed by atoms with van der Waals surface area (Å²) in [5, 5.41) is 4.81. The fraction of sp³-hybridized carbons (Fsp3) is 0.00855. The maximum atomic E-state index is 2.52. The van der Waals surface area contributed by atoms with Gasteiger partial charge in [-0.2, -0.15) is 0 Å². The molecular weight excluding hydrogens is 1430 g/mol. The highest BCUT2D eigenvalue weighted by molar-refractivity contribution is 6.07. The van der Waals surface area contributed by atoms with E-state index in [0.29, 0.717) is 0 Å². The van der Waals surface area contributed by atoms with E-state index in [1.54, 1.807) is 0 Å². The lowest BCUT2D eigenvalue weighted by Crippen LogP contribution is -2.28. The molecule has 1 aliphatic carbocycles. The molecule has 0 heterocycles. The molecule has 0 spiro atoms. The van der Waals surface area contributed by atoms with E-state index in [0.717, 1.165) is 84.2 Å². The topological polar surface area (TPSA) is 6.48 Å². The molecule has 21 rings (SSSR count). The molecule has 0 atom stereocenters. The van der Waals surface area contributed by atoms with Crippen LogP contribution in [0.25, 0.3) is 144 Å². The molecule has 2 nitrogen and oxygen atoms in total. The van der Waals surface area contributed by atoms with Gasteiger partial charge in [-0.15, -0.1) is 0 Å². The van der Waals surface area contributed by atoms with Gasteiger partial charge in [0.2, 0.25) is 0 Å². The first-order chi connectivity index (χ1) is 59.0. The first kappa shape index (κ1) is 71.3. The number of rotatable bonds is 18. The number of fused-ring (bicyclic) bond motifs is 5. The van der Waals surface area contributed by atoms with Crippen molar-refractivity contribution in [3.8, 4) is 122 Å². The zero-order valence-corrected chi connectivity index (χ0v) is 65.6. The first-order valence-electron chi connectivity index (χ1n) is 41.1. The molecule has 0 aliphatic heterocycles. The molecule has 0 saturated carbocycles. The van der Waals surface area contributed by atoms with Gasteiger partial charge in [0, 0.05) is 33.9 Å². The van der Waals surface area contributed by atoms with Gasteiger partial charge in [-0.1, -0.05) is 413 Å². The first-order valence-corrected chi connectivity index (χ1v) is 41.1. The Labute approximate surface area is 696 Å². The van der Waals surface area contributed by atoms with Crippen molar-refractivity contribution in [1.82, 2.24) is 0 Å². The Morgan fingerprint density at radius 1 is 0.143 bits per heavy atom. The molecule has 1 aliphatic rings. The summed E-state index contributed by atoms with van der Waals surface area (Å²) in [6, 6.07) is 179. The quantitative estimate of drug-likeness (QED) is 0.0845. The Morgan fingerprint density at radius 3 is 0.899 bits per heavy atom. The highest BCUT2D eigenvalue weighted by Crippen LogP contribution is 2.59. The molecule has 0 aromatic heterocycles. The molecule has 119 heavy (non-hydrogen) atoms. The van der Waals surface area contributed by atoms with Gasteiger partial charge in [-0.25, -0.2) is 0 Å². The van der Waals surface area contributed by atoms with Crippen molar-refractivity contribution in [3.63, 3.8) is 0 Å². The van der Waals surface area contributed by atoms with Crippen molar-refractivity contribution in [3.05, 3.63) is 508 Å². The highest BCUT2D eigenvalue weighted by atomic mass is 15.2. The maximum absolute atomic E-state index is 2.52. The third kappa shape index (κ3) is 13.1. The Bertz CT molecular complexity index is 7070. The largest absolute Gasteiger partial charge is 0.310 e. The third-order valence-corrected chi connectivity index (χ3v) is 24.2. The number of para-hydroxylation sites is 2. The van der Waals surface area contributed by atoms with Crippen molar-refractivity contribution in [2.45, 2.75) is 5.41 Å². The van der Waals surface area contributed by atoms with E-state index < -0.39 is 5.41 Å². The number of benzene rings is 20. The second-order valence-electron chi connectivity index (χ2n) is 30.9. The Kier molecular flexibility index (Phi) is 18.6. The van der Waals surface area contributed by atoms with Crippen LogP contribution in [-0.4, -0.2) is 0 Å². The van der Waals surface area contributed by atoms with Crippen LogP contribution in [-0.2, 0) is 5.41 Å². The van der Waals surface area contributed by atoms with Gasteiger partial charge in [0.25, 0.3) is 0 Å². The summed E-state index contributed by atoms with van der Waals surface area (Å²) >= 11 is 0. The van der Waals surface area contributed by atoms with Crippen molar-refractivity contribution in [2.75, 3.05) is 9.80 Å². The summed E-state index contributed by atoms with van der Waals surface area (Å²) in [5.74, 6) is 0. The number of hydrogen-bond acceptors (Lipinski definition) is 2. The van der Waals surface area contributed by atoms with E-state index >= 15 is 0 Å². The summed E-state index contributed by atoms with van der Waals surface area (Å²) in [7, 11) is 0.